The molecule has 1 aliphatic carbocycles. The summed E-state index contributed by atoms with van der Waals surface area (Å²) in [4.78, 5) is 15.5. The first-order valence-electron chi connectivity index (χ1n) is 10.4. The van der Waals surface area contributed by atoms with Gasteiger partial charge in [-0.05, 0) is 66.1 Å². The van der Waals surface area contributed by atoms with Crippen LogP contribution in [0.5, 0.6) is 5.75 Å². The Balaban J connectivity index is 1.32. The Morgan fingerprint density at radius 1 is 1.27 bits per heavy atom. The van der Waals surface area contributed by atoms with Crippen LogP contribution in [-0.4, -0.2) is 51.3 Å². The van der Waals surface area contributed by atoms with Gasteiger partial charge in [0.1, 0.15) is 5.75 Å². The number of aromatic nitrogens is 4. The summed E-state index contributed by atoms with van der Waals surface area (Å²) in [5, 5.41) is 17.7. The van der Waals surface area contributed by atoms with Gasteiger partial charge in [-0.3, -0.25) is 4.79 Å². The highest BCUT2D eigenvalue weighted by Gasteiger charge is 2.54. The molecule has 3 heterocycles. The Hall–Kier alpha value is -2.78. The lowest BCUT2D eigenvalue weighted by Gasteiger charge is -2.43. The fourth-order valence-electron chi connectivity index (χ4n) is 5.30. The number of amides is 1. The van der Waals surface area contributed by atoms with E-state index in [1.165, 1.54) is 12.1 Å². The van der Waals surface area contributed by atoms with Crippen molar-refractivity contribution >= 4 is 11.9 Å². The lowest BCUT2D eigenvalue weighted by Crippen LogP contribution is -2.58. The molecule has 2 saturated heterocycles. The summed E-state index contributed by atoms with van der Waals surface area (Å²) in [6.45, 7) is -0.656. The Morgan fingerprint density at radius 3 is 2.63 bits per heavy atom. The first kappa shape index (κ1) is 19.2. The molecule has 2 N–H and O–H groups in total. The lowest BCUT2D eigenvalue weighted by molar-refractivity contribution is -0.124. The van der Waals surface area contributed by atoms with Gasteiger partial charge < -0.3 is 15.0 Å². The molecule has 1 amide bonds. The van der Waals surface area contributed by atoms with Crippen LogP contribution >= 0.6 is 0 Å². The molecule has 10 heteroatoms. The van der Waals surface area contributed by atoms with Gasteiger partial charge in [0, 0.05) is 12.1 Å². The summed E-state index contributed by atoms with van der Waals surface area (Å²) >= 11 is 0. The summed E-state index contributed by atoms with van der Waals surface area (Å²) in [5.74, 6) is 1.16. The molecule has 2 aliphatic heterocycles. The van der Waals surface area contributed by atoms with Crippen molar-refractivity contribution in [3.05, 3.63) is 29.8 Å². The molecule has 1 saturated carbocycles. The maximum absolute atomic E-state index is 13.3. The van der Waals surface area contributed by atoms with Gasteiger partial charge in [-0.25, -0.2) is 5.10 Å². The van der Waals surface area contributed by atoms with E-state index < -0.39 is 12.0 Å². The second-order valence-corrected chi connectivity index (χ2v) is 8.62. The third-order valence-corrected chi connectivity index (χ3v) is 6.93. The number of benzene rings is 1. The molecule has 160 valence electrons. The van der Waals surface area contributed by atoms with Crippen LogP contribution in [0.1, 0.15) is 44.6 Å². The summed E-state index contributed by atoms with van der Waals surface area (Å²) in [7, 11) is 0. The fraction of sp³-hybridized carbons (Fsp3) is 0.600. The van der Waals surface area contributed by atoms with Gasteiger partial charge in [0.2, 0.25) is 11.9 Å². The number of rotatable bonds is 6. The largest absolute Gasteiger partial charge is 0.435 e. The second-order valence-electron chi connectivity index (χ2n) is 8.62. The van der Waals surface area contributed by atoms with E-state index in [1.807, 2.05) is 0 Å². The van der Waals surface area contributed by atoms with Crippen LogP contribution in [0.3, 0.4) is 0 Å². The summed E-state index contributed by atoms with van der Waals surface area (Å²) in [6, 6.07) is 6.96. The van der Waals surface area contributed by atoms with E-state index in [2.05, 4.69) is 42.5 Å². The first-order valence-corrected chi connectivity index (χ1v) is 10.4. The smallest absolute Gasteiger partial charge is 0.387 e. The zero-order valence-electron chi connectivity index (χ0n) is 16.6. The Labute approximate surface area is 172 Å². The number of carbonyl (C=O) groups excluding carboxylic acids is 1. The summed E-state index contributed by atoms with van der Waals surface area (Å²) in [6.07, 6.45) is 4.44. The van der Waals surface area contributed by atoms with E-state index in [-0.39, 0.29) is 23.7 Å². The SMILES string of the molecule is C[C@H]1CC(NC(=O)C2(c3ccc(OC(F)F)cc3)CC2)[C@@H]2CC[C@H]1N2c1nnn[nH]1. The summed E-state index contributed by atoms with van der Waals surface area (Å²) < 4.78 is 29.2. The molecule has 8 nitrogen and oxygen atoms in total. The Morgan fingerprint density at radius 2 is 2.00 bits per heavy atom. The van der Waals surface area contributed by atoms with E-state index >= 15 is 0 Å². The first-order chi connectivity index (χ1) is 14.5. The van der Waals surface area contributed by atoms with Crippen LogP contribution in [0.4, 0.5) is 14.7 Å². The van der Waals surface area contributed by atoms with Crippen LogP contribution in [0.15, 0.2) is 24.3 Å². The number of hydrogen-bond donors (Lipinski definition) is 2. The maximum Gasteiger partial charge on any atom is 0.387 e. The van der Waals surface area contributed by atoms with Gasteiger partial charge in [-0.1, -0.05) is 24.2 Å². The van der Waals surface area contributed by atoms with Crippen LogP contribution in [-0.2, 0) is 10.2 Å². The van der Waals surface area contributed by atoms with E-state index in [4.69, 9.17) is 0 Å². The Kier molecular flexibility index (Phi) is 4.59. The number of H-pyrrole nitrogens is 1. The molecular weight excluding hydrogens is 394 g/mol. The van der Waals surface area contributed by atoms with Gasteiger partial charge in [-0.15, -0.1) is 0 Å². The predicted molar refractivity (Wildman–Crippen MR) is 103 cm³/mol. The number of aromatic amines is 1. The standard InChI is InChI=1S/C20H24F2N6O2/c1-11-10-14(16-7-6-15(11)28(16)19-24-26-27-25-19)23-17(29)20(8-9-20)12-2-4-13(5-3-12)30-18(21)22/h2-5,11,14-16,18H,6-10H2,1H3,(H,23,29)(H,24,25,26,27)/t11-,14?,15+,16-/m0/s1. The van der Waals surface area contributed by atoms with Crippen molar-refractivity contribution in [1.82, 2.24) is 25.9 Å². The van der Waals surface area contributed by atoms with Crippen molar-refractivity contribution < 1.29 is 18.3 Å². The number of ether oxygens (including phenoxy) is 1. The minimum Gasteiger partial charge on any atom is -0.435 e. The van der Waals surface area contributed by atoms with E-state index in [1.54, 1.807) is 12.1 Å². The second kappa shape index (κ2) is 7.17. The molecule has 3 aliphatic rings. The number of hydrogen-bond acceptors (Lipinski definition) is 6. The topological polar surface area (TPSA) is 96.0 Å². The van der Waals surface area contributed by atoms with Gasteiger partial charge >= 0.3 is 6.61 Å². The zero-order chi connectivity index (χ0) is 20.9. The molecule has 1 aromatic heterocycles. The van der Waals surface area contributed by atoms with E-state index in [0.29, 0.717) is 17.9 Å². The van der Waals surface area contributed by atoms with Crippen molar-refractivity contribution in [1.29, 1.82) is 0 Å². The van der Waals surface area contributed by atoms with Gasteiger partial charge in [0.25, 0.3) is 0 Å². The Bertz CT molecular complexity index is 903. The van der Waals surface area contributed by atoms with Crippen LogP contribution in [0.2, 0.25) is 0 Å². The molecule has 30 heavy (non-hydrogen) atoms. The highest BCUT2D eigenvalue weighted by Crippen LogP contribution is 2.49. The minimum atomic E-state index is -2.86. The van der Waals surface area contributed by atoms with Crippen molar-refractivity contribution in [3.8, 4) is 5.75 Å². The number of nitrogens with zero attached hydrogens (tertiary/aromatic N) is 4. The third kappa shape index (κ3) is 3.18. The van der Waals surface area contributed by atoms with Crippen molar-refractivity contribution in [2.75, 3.05) is 4.90 Å². The number of carbonyl (C=O) groups is 1. The molecule has 5 rings (SSSR count). The highest BCUT2D eigenvalue weighted by molar-refractivity contribution is 5.91. The third-order valence-electron chi connectivity index (χ3n) is 6.93. The fourth-order valence-corrected chi connectivity index (χ4v) is 5.30. The molecule has 0 spiro atoms. The molecular formula is C20H24F2N6O2. The number of anilines is 1. The number of piperidine rings is 1. The number of tetrazole rings is 1. The van der Waals surface area contributed by atoms with Crippen LogP contribution in [0, 0.1) is 5.92 Å². The molecule has 3 fully saturated rings. The predicted octanol–water partition coefficient (Wildman–Crippen LogP) is 2.39. The molecule has 0 radical (unpaired) electrons. The van der Waals surface area contributed by atoms with Crippen LogP contribution in [0.25, 0.3) is 0 Å². The number of nitrogens with one attached hydrogen (secondary N) is 2. The molecule has 2 bridgehead atoms. The zero-order valence-corrected chi connectivity index (χ0v) is 16.6. The van der Waals surface area contributed by atoms with Crippen molar-refractivity contribution in [2.45, 2.75) is 69.2 Å². The minimum absolute atomic E-state index is 0.00298. The van der Waals surface area contributed by atoms with E-state index in [0.717, 1.165) is 37.7 Å². The quantitative estimate of drug-likeness (QED) is 0.748. The van der Waals surface area contributed by atoms with Gasteiger partial charge in [-0.2, -0.15) is 8.78 Å². The van der Waals surface area contributed by atoms with Gasteiger partial charge in [0.05, 0.1) is 11.5 Å². The molecule has 2 aromatic rings. The average molecular weight is 418 g/mol. The molecule has 1 aromatic carbocycles. The highest BCUT2D eigenvalue weighted by atomic mass is 19.3. The van der Waals surface area contributed by atoms with E-state index in [9.17, 15) is 13.6 Å². The number of alkyl halides is 2. The lowest BCUT2D eigenvalue weighted by atomic mass is 9.87. The average Bonchev–Trinajstić information content (AvgIpc) is 3.19. The number of fused-ring (bicyclic) bond motifs is 2. The summed E-state index contributed by atoms with van der Waals surface area (Å²) in [5.41, 5.74) is 0.256. The van der Waals surface area contributed by atoms with Crippen molar-refractivity contribution in [3.63, 3.8) is 0 Å². The molecule has 4 atom stereocenters. The maximum atomic E-state index is 13.3. The van der Waals surface area contributed by atoms with Crippen molar-refractivity contribution in [2.24, 2.45) is 5.92 Å². The monoisotopic (exact) mass is 418 g/mol. The molecule has 1 unspecified atom stereocenters. The normalized spacial score (nSPS) is 29.1. The van der Waals surface area contributed by atoms with Crippen LogP contribution < -0.4 is 15.0 Å². The number of halogens is 2. The van der Waals surface area contributed by atoms with Gasteiger partial charge in [0.15, 0.2) is 0 Å².